The summed E-state index contributed by atoms with van der Waals surface area (Å²) in [5.74, 6) is 0.517. The summed E-state index contributed by atoms with van der Waals surface area (Å²) in [7, 11) is 0. The molecule has 0 N–H and O–H groups in total. The van der Waals surface area contributed by atoms with Crippen molar-refractivity contribution in [1.82, 2.24) is 0 Å². The Morgan fingerprint density at radius 3 is 1.65 bits per heavy atom. The van der Waals surface area contributed by atoms with E-state index in [0.29, 0.717) is 5.92 Å². The summed E-state index contributed by atoms with van der Waals surface area (Å²) in [5, 5.41) is 0. The lowest BCUT2D eigenvalue weighted by molar-refractivity contribution is 0.856. The molecule has 0 atom stereocenters. The van der Waals surface area contributed by atoms with E-state index in [0.717, 1.165) is 0 Å². The second-order valence-corrected chi connectivity index (χ2v) is 6.15. The Hall–Kier alpha value is -2.54. The number of para-hydroxylation sites is 2. The molecule has 0 saturated heterocycles. The highest BCUT2D eigenvalue weighted by Gasteiger charge is 2.16. The average molecular weight is 301 g/mol. The Bertz CT molecular complexity index is 721. The van der Waals surface area contributed by atoms with E-state index in [2.05, 4.69) is 105 Å². The quantitative estimate of drug-likeness (QED) is 0.525. The van der Waals surface area contributed by atoms with Gasteiger partial charge in [-0.2, -0.15) is 0 Å². The van der Waals surface area contributed by atoms with Crippen LogP contribution in [-0.4, -0.2) is 0 Å². The van der Waals surface area contributed by atoms with Crippen molar-refractivity contribution in [3.05, 3.63) is 90.0 Å². The average Bonchev–Trinajstić information content (AvgIpc) is 2.58. The van der Waals surface area contributed by atoms with Crippen molar-refractivity contribution >= 4 is 17.1 Å². The topological polar surface area (TPSA) is 3.24 Å². The highest BCUT2D eigenvalue weighted by Crippen LogP contribution is 2.38. The lowest BCUT2D eigenvalue weighted by atomic mass is 9.96. The highest BCUT2D eigenvalue weighted by molar-refractivity contribution is 5.78. The van der Waals surface area contributed by atoms with Crippen molar-refractivity contribution in [3.63, 3.8) is 0 Å². The monoisotopic (exact) mass is 301 g/mol. The first-order chi connectivity index (χ1) is 11.2. The summed E-state index contributed by atoms with van der Waals surface area (Å²) in [5.41, 5.74) is 6.36. The van der Waals surface area contributed by atoms with Crippen LogP contribution in [0.25, 0.3) is 0 Å². The number of hydrogen-bond donors (Lipinski definition) is 0. The van der Waals surface area contributed by atoms with Gasteiger partial charge < -0.3 is 4.90 Å². The van der Waals surface area contributed by atoms with Gasteiger partial charge in [-0.05, 0) is 54.3 Å². The number of rotatable bonds is 4. The van der Waals surface area contributed by atoms with Crippen molar-refractivity contribution in [2.24, 2.45) is 0 Å². The molecule has 0 aliphatic heterocycles. The molecule has 23 heavy (non-hydrogen) atoms. The summed E-state index contributed by atoms with van der Waals surface area (Å²) in [6, 6.07) is 27.7. The van der Waals surface area contributed by atoms with Gasteiger partial charge in [-0.25, -0.2) is 0 Å². The van der Waals surface area contributed by atoms with E-state index in [4.69, 9.17) is 0 Å². The number of hydrogen-bond acceptors (Lipinski definition) is 1. The summed E-state index contributed by atoms with van der Waals surface area (Å²) in [4.78, 5) is 2.33. The normalized spacial score (nSPS) is 10.8. The fraction of sp³-hybridized carbons (Fsp3) is 0.182. The van der Waals surface area contributed by atoms with E-state index in [1.165, 1.54) is 28.2 Å². The number of anilines is 3. The summed E-state index contributed by atoms with van der Waals surface area (Å²) in [6.07, 6.45) is 0. The zero-order chi connectivity index (χ0) is 16.2. The smallest absolute Gasteiger partial charge is 0.0493 e. The zero-order valence-electron chi connectivity index (χ0n) is 14.0. The molecule has 116 valence electrons. The first-order valence-corrected chi connectivity index (χ1v) is 8.18. The molecule has 0 radical (unpaired) electrons. The summed E-state index contributed by atoms with van der Waals surface area (Å²) < 4.78 is 0. The van der Waals surface area contributed by atoms with Crippen LogP contribution in [0.4, 0.5) is 17.1 Å². The first kappa shape index (κ1) is 15.4. The van der Waals surface area contributed by atoms with Gasteiger partial charge in [0, 0.05) is 17.1 Å². The van der Waals surface area contributed by atoms with Crippen LogP contribution >= 0.6 is 0 Å². The van der Waals surface area contributed by atoms with Gasteiger partial charge in [0.25, 0.3) is 0 Å². The third-order valence-electron chi connectivity index (χ3n) is 4.24. The maximum absolute atomic E-state index is 2.33. The number of benzene rings is 3. The van der Waals surface area contributed by atoms with E-state index in [1.54, 1.807) is 0 Å². The van der Waals surface area contributed by atoms with Crippen molar-refractivity contribution < 1.29 is 0 Å². The van der Waals surface area contributed by atoms with Crippen molar-refractivity contribution in [2.75, 3.05) is 4.90 Å². The van der Waals surface area contributed by atoms with Crippen molar-refractivity contribution in [2.45, 2.75) is 26.7 Å². The van der Waals surface area contributed by atoms with Crippen LogP contribution in [0.2, 0.25) is 0 Å². The van der Waals surface area contributed by atoms with E-state index < -0.39 is 0 Å². The van der Waals surface area contributed by atoms with Crippen LogP contribution < -0.4 is 4.90 Å². The van der Waals surface area contributed by atoms with Crippen LogP contribution in [0.5, 0.6) is 0 Å². The van der Waals surface area contributed by atoms with E-state index in [9.17, 15) is 0 Å². The third kappa shape index (κ3) is 3.14. The Balaban J connectivity index is 2.20. The lowest BCUT2D eigenvalue weighted by Gasteiger charge is -2.28. The lowest BCUT2D eigenvalue weighted by Crippen LogP contribution is -2.12. The molecule has 0 bridgehead atoms. The molecule has 0 spiro atoms. The Kier molecular flexibility index (Phi) is 4.47. The molecule has 0 fully saturated rings. The molecule has 0 amide bonds. The largest absolute Gasteiger partial charge is 0.310 e. The summed E-state index contributed by atoms with van der Waals surface area (Å²) in [6.45, 7) is 6.73. The molecule has 0 aromatic heterocycles. The molecule has 0 unspecified atom stereocenters. The van der Waals surface area contributed by atoms with E-state index >= 15 is 0 Å². The maximum atomic E-state index is 2.33. The zero-order valence-corrected chi connectivity index (χ0v) is 14.0. The van der Waals surface area contributed by atoms with Gasteiger partial charge in [0.15, 0.2) is 0 Å². The second-order valence-electron chi connectivity index (χ2n) is 6.15. The molecule has 0 aliphatic carbocycles. The highest BCUT2D eigenvalue weighted by atomic mass is 15.1. The first-order valence-electron chi connectivity index (χ1n) is 8.18. The van der Waals surface area contributed by atoms with Crippen molar-refractivity contribution in [1.29, 1.82) is 0 Å². The molecule has 0 aliphatic rings. The Morgan fingerprint density at radius 1 is 0.652 bits per heavy atom. The Labute approximate surface area is 139 Å². The van der Waals surface area contributed by atoms with Crippen molar-refractivity contribution in [3.8, 4) is 0 Å². The fourth-order valence-electron chi connectivity index (χ4n) is 3.09. The number of nitrogens with zero attached hydrogens (tertiary/aromatic N) is 1. The van der Waals surface area contributed by atoms with Gasteiger partial charge in [-0.1, -0.05) is 62.4 Å². The predicted octanol–water partition coefficient (Wildman–Crippen LogP) is 6.59. The van der Waals surface area contributed by atoms with Gasteiger partial charge in [-0.3, -0.25) is 0 Å². The minimum atomic E-state index is 0.517. The van der Waals surface area contributed by atoms with Crippen LogP contribution in [-0.2, 0) is 0 Å². The minimum absolute atomic E-state index is 0.517. The fourth-order valence-corrected chi connectivity index (χ4v) is 3.09. The molecule has 3 rings (SSSR count). The third-order valence-corrected chi connectivity index (χ3v) is 4.24. The molecule has 3 aromatic carbocycles. The van der Waals surface area contributed by atoms with Gasteiger partial charge in [0.2, 0.25) is 0 Å². The standard InChI is InChI=1S/C22H23N/c1-17(2)21-15-10-16-22(18(21)3)23(19-11-6-4-7-12-19)20-13-8-5-9-14-20/h4-17H,1-3H3. The second kappa shape index (κ2) is 6.70. The van der Waals surface area contributed by atoms with Crippen LogP contribution in [0.3, 0.4) is 0 Å². The molecule has 1 nitrogen and oxygen atoms in total. The molecular weight excluding hydrogens is 278 g/mol. The minimum Gasteiger partial charge on any atom is -0.310 e. The van der Waals surface area contributed by atoms with Crippen LogP contribution in [0.1, 0.15) is 30.9 Å². The predicted molar refractivity (Wildman–Crippen MR) is 100.0 cm³/mol. The van der Waals surface area contributed by atoms with Gasteiger partial charge in [0.05, 0.1) is 0 Å². The van der Waals surface area contributed by atoms with E-state index in [-0.39, 0.29) is 0 Å². The maximum Gasteiger partial charge on any atom is 0.0493 e. The summed E-state index contributed by atoms with van der Waals surface area (Å²) >= 11 is 0. The van der Waals surface area contributed by atoms with Gasteiger partial charge in [-0.15, -0.1) is 0 Å². The Morgan fingerprint density at radius 2 is 1.17 bits per heavy atom. The molecular formula is C22H23N. The van der Waals surface area contributed by atoms with Crippen LogP contribution in [0.15, 0.2) is 78.9 Å². The van der Waals surface area contributed by atoms with Crippen LogP contribution in [0, 0.1) is 6.92 Å². The van der Waals surface area contributed by atoms with Gasteiger partial charge in [0.1, 0.15) is 0 Å². The SMILES string of the molecule is Cc1c(C(C)C)cccc1N(c1ccccc1)c1ccccc1. The van der Waals surface area contributed by atoms with E-state index in [1.807, 2.05) is 0 Å². The molecule has 1 heteroatoms. The molecule has 0 heterocycles. The molecule has 0 saturated carbocycles. The molecule has 3 aromatic rings. The van der Waals surface area contributed by atoms with Gasteiger partial charge >= 0.3 is 0 Å².